The molecule has 0 aliphatic heterocycles. The fourth-order valence-corrected chi connectivity index (χ4v) is 5.28. The van der Waals surface area contributed by atoms with Crippen molar-refractivity contribution < 1.29 is 27.1 Å². The van der Waals surface area contributed by atoms with Crippen LogP contribution < -0.4 is 19.1 Å². The Kier molecular flexibility index (Phi) is 8.29. The topological polar surface area (TPSA) is 84.9 Å². The van der Waals surface area contributed by atoms with Crippen molar-refractivity contribution in [2.45, 2.75) is 9.79 Å². The van der Waals surface area contributed by atoms with Gasteiger partial charge in [-0.05, 0) is 48.7 Å². The number of methoxy groups -OCH3 is 2. The maximum Gasteiger partial charge on any atom is 0.264 e. The number of carbonyl (C=O) groups is 1. The number of hydrogen-bond acceptors (Lipinski definition) is 6. The Balaban J connectivity index is 2.03. The van der Waals surface area contributed by atoms with Gasteiger partial charge in [0.1, 0.15) is 12.4 Å². The van der Waals surface area contributed by atoms with Crippen LogP contribution in [0.15, 0.2) is 70.5 Å². The van der Waals surface area contributed by atoms with Gasteiger partial charge < -0.3 is 14.8 Å². The third-order valence-electron chi connectivity index (χ3n) is 4.80. The van der Waals surface area contributed by atoms with Crippen LogP contribution >= 0.6 is 23.4 Å². The van der Waals surface area contributed by atoms with Gasteiger partial charge >= 0.3 is 0 Å². The quantitative estimate of drug-likeness (QED) is 0.394. The largest absolute Gasteiger partial charge is 0.493 e. The van der Waals surface area contributed by atoms with Gasteiger partial charge in [0.25, 0.3) is 10.0 Å². The van der Waals surface area contributed by atoms with E-state index in [2.05, 4.69) is 5.32 Å². The SMILES string of the molecule is COc1ccc(S(=O)(=O)N(CC(=O)Nc2ccccc2SC)c2ccc(F)c(Cl)c2)cc1OC. The summed E-state index contributed by atoms with van der Waals surface area (Å²) >= 11 is 7.35. The van der Waals surface area contributed by atoms with Crippen LogP contribution in [0.5, 0.6) is 11.5 Å². The van der Waals surface area contributed by atoms with E-state index >= 15 is 0 Å². The molecule has 34 heavy (non-hydrogen) atoms. The van der Waals surface area contributed by atoms with Gasteiger partial charge in [-0.25, -0.2) is 12.8 Å². The van der Waals surface area contributed by atoms with Gasteiger partial charge in [-0.3, -0.25) is 9.10 Å². The molecule has 0 aromatic heterocycles. The van der Waals surface area contributed by atoms with E-state index < -0.39 is 28.3 Å². The smallest absolute Gasteiger partial charge is 0.264 e. The molecule has 3 aromatic carbocycles. The molecule has 7 nitrogen and oxygen atoms in total. The molecular formula is C23H22ClFN2O5S2. The number of amides is 1. The first kappa shape index (κ1) is 25.7. The van der Waals surface area contributed by atoms with Gasteiger partial charge in [-0.1, -0.05) is 23.7 Å². The lowest BCUT2D eigenvalue weighted by atomic mass is 10.3. The predicted octanol–water partition coefficient (Wildman–Crippen LogP) is 5.05. The van der Waals surface area contributed by atoms with Crippen LogP contribution in [0.1, 0.15) is 0 Å². The maximum absolute atomic E-state index is 13.8. The molecule has 11 heteroatoms. The maximum atomic E-state index is 13.8. The van der Waals surface area contributed by atoms with E-state index in [4.69, 9.17) is 21.1 Å². The average molecular weight is 525 g/mol. The molecule has 3 aromatic rings. The summed E-state index contributed by atoms with van der Waals surface area (Å²) in [6.07, 6.45) is 1.86. The van der Waals surface area contributed by atoms with Gasteiger partial charge in [0.05, 0.1) is 35.5 Å². The average Bonchev–Trinajstić information content (AvgIpc) is 2.84. The van der Waals surface area contributed by atoms with Crippen LogP contribution in [-0.4, -0.2) is 41.3 Å². The molecule has 0 atom stereocenters. The zero-order chi connectivity index (χ0) is 24.9. The lowest BCUT2D eigenvalue weighted by Crippen LogP contribution is -2.38. The minimum Gasteiger partial charge on any atom is -0.493 e. The number of carbonyl (C=O) groups excluding carboxylic acids is 1. The van der Waals surface area contributed by atoms with E-state index in [0.717, 1.165) is 21.3 Å². The van der Waals surface area contributed by atoms with Gasteiger partial charge in [0, 0.05) is 11.0 Å². The van der Waals surface area contributed by atoms with Crippen LogP contribution in [0.2, 0.25) is 5.02 Å². The third-order valence-corrected chi connectivity index (χ3v) is 7.66. The molecule has 3 rings (SSSR count). The highest BCUT2D eigenvalue weighted by atomic mass is 35.5. The number of ether oxygens (including phenoxy) is 2. The van der Waals surface area contributed by atoms with E-state index in [-0.39, 0.29) is 21.4 Å². The second-order valence-electron chi connectivity index (χ2n) is 6.88. The first-order chi connectivity index (χ1) is 16.2. The van der Waals surface area contributed by atoms with Crippen LogP contribution in [0.3, 0.4) is 0 Å². The number of nitrogens with one attached hydrogen (secondary N) is 1. The number of rotatable bonds is 9. The van der Waals surface area contributed by atoms with Crippen molar-refractivity contribution in [3.05, 3.63) is 71.5 Å². The minimum absolute atomic E-state index is 0.0227. The number of anilines is 2. The Labute approximate surface area is 206 Å². The predicted molar refractivity (Wildman–Crippen MR) is 132 cm³/mol. The number of nitrogens with zero attached hydrogens (tertiary/aromatic N) is 1. The lowest BCUT2D eigenvalue weighted by molar-refractivity contribution is -0.114. The summed E-state index contributed by atoms with van der Waals surface area (Å²) in [4.78, 5) is 13.6. The van der Waals surface area contributed by atoms with Crippen molar-refractivity contribution in [3.63, 3.8) is 0 Å². The molecule has 1 amide bonds. The van der Waals surface area contributed by atoms with E-state index in [0.29, 0.717) is 11.4 Å². The highest BCUT2D eigenvalue weighted by molar-refractivity contribution is 7.98. The van der Waals surface area contributed by atoms with E-state index in [1.54, 1.807) is 12.1 Å². The van der Waals surface area contributed by atoms with E-state index in [1.165, 1.54) is 50.2 Å². The zero-order valence-corrected chi connectivity index (χ0v) is 20.9. The molecule has 0 aliphatic carbocycles. The Morgan fingerprint density at radius 3 is 2.41 bits per heavy atom. The number of halogens is 2. The van der Waals surface area contributed by atoms with Gasteiger partial charge in [0.15, 0.2) is 11.5 Å². The Morgan fingerprint density at radius 1 is 1.06 bits per heavy atom. The number of sulfonamides is 1. The number of hydrogen-bond donors (Lipinski definition) is 1. The molecule has 1 N–H and O–H groups in total. The molecule has 0 saturated carbocycles. The van der Waals surface area contributed by atoms with Crippen LogP contribution in [0, 0.1) is 5.82 Å². The highest BCUT2D eigenvalue weighted by Gasteiger charge is 2.29. The van der Waals surface area contributed by atoms with Crippen LogP contribution in [-0.2, 0) is 14.8 Å². The van der Waals surface area contributed by atoms with Gasteiger partial charge in [-0.2, -0.15) is 0 Å². The molecule has 0 heterocycles. The van der Waals surface area contributed by atoms with Crippen molar-refractivity contribution >= 4 is 50.7 Å². The standard InChI is InChI=1S/C23H22ClFN2O5S2/c1-31-20-11-9-16(13-21(20)32-2)34(29,30)27(15-8-10-18(25)17(24)12-15)14-23(28)26-19-6-4-5-7-22(19)33-3/h4-13H,14H2,1-3H3,(H,26,28). The number of thioether (sulfide) groups is 1. The lowest BCUT2D eigenvalue weighted by Gasteiger charge is -2.25. The van der Waals surface area contributed by atoms with Crippen LogP contribution in [0.25, 0.3) is 0 Å². The normalized spacial score (nSPS) is 11.1. The van der Waals surface area contributed by atoms with E-state index in [9.17, 15) is 17.6 Å². The van der Waals surface area contributed by atoms with Gasteiger partial charge in [-0.15, -0.1) is 11.8 Å². The number of benzene rings is 3. The summed E-state index contributed by atoms with van der Waals surface area (Å²) in [7, 11) is -1.49. The van der Waals surface area contributed by atoms with Crippen LogP contribution in [0.4, 0.5) is 15.8 Å². The van der Waals surface area contributed by atoms with Crippen molar-refractivity contribution in [1.82, 2.24) is 0 Å². The Hall–Kier alpha value is -2.95. The molecule has 0 unspecified atom stereocenters. The van der Waals surface area contributed by atoms with Crippen molar-refractivity contribution in [3.8, 4) is 11.5 Å². The molecule has 0 spiro atoms. The summed E-state index contributed by atoms with van der Waals surface area (Å²) in [5.74, 6) is -0.776. The highest BCUT2D eigenvalue weighted by Crippen LogP contribution is 2.33. The van der Waals surface area contributed by atoms with Gasteiger partial charge in [0.2, 0.25) is 5.91 Å². The monoisotopic (exact) mass is 524 g/mol. The van der Waals surface area contributed by atoms with Crippen molar-refractivity contribution in [2.75, 3.05) is 36.6 Å². The Morgan fingerprint density at radius 2 is 1.76 bits per heavy atom. The second kappa shape index (κ2) is 11.0. The Bertz CT molecular complexity index is 1300. The molecule has 0 aliphatic rings. The molecule has 0 radical (unpaired) electrons. The molecular weight excluding hydrogens is 503 g/mol. The fraction of sp³-hybridized carbons (Fsp3) is 0.174. The zero-order valence-electron chi connectivity index (χ0n) is 18.5. The summed E-state index contributed by atoms with van der Waals surface area (Å²) < 4.78 is 52.3. The first-order valence-corrected chi connectivity index (χ1v) is 12.9. The third kappa shape index (κ3) is 5.57. The first-order valence-electron chi connectivity index (χ1n) is 9.84. The molecule has 0 fully saturated rings. The molecule has 0 bridgehead atoms. The second-order valence-corrected chi connectivity index (χ2v) is 9.99. The fourth-order valence-electron chi connectivity index (χ4n) is 3.13. The summed E-state index contributed by atoms with van der Waals surface area (Å²) in [6.45, 7) is -0.582. The number of para-hydroxylation sites is 1. The van der Waals surface area contributed by atoms with Crippen molar-refractivity contribution in [1.29, 1.82) is 0 Å². The molecule has 0 saturated heterocycles. The summed E-state index contributed by atoms with van der Waals surface area (Å²) in [5.41, 5.74) is 0.565. The summed E-state index contributed by atoms with van der Waals surface area (Å²) in [6, 6.07) is 14.6. The minimum atomic E-state index is -4.29. The summed E-state index contributed by atoms with van der Waals surface area (Å²) in [5, 5.41) is 2.45. The van der Waals surface area contributed by atoms with Crippen molar-refractivity contribution in [2.24, 2.45) is 0 Å². The molecule has 180 valence electrons. The van der Waals surface area contributed by atoms with E-state index in [1.807, 2.05) is 18.4 Å².